The lowest BCUT2D eigenvalue weighted by Gasteiger charge is -2.06. The lowest BCUT2D eigenvalue weighted by atomic mass is 10.1. The van der Waals surface area contributed by atoms with Crippen LogP contribution in [0.3, 0.4) is 0 Å². The van der Waals surface area contributed by atoms with Gasteiger partial charge in [-0.25, -0.2) is 0 Å². The largest absolute Gasteiger partial charge is 0.481 e. The van der Waals surface area contributed by atoms with E-state index in [-0.39, 0.29) is 11.8 Å². The Hall–Kier alpha value is -1.07. The molecule has 0 radical (unpaired) electrons. The van der Waals surface area contributed by atoms with Gasteiger partial charge in [0.25, 0.3) is 5.91 Å². The highest BCUT2D eigenvalue weighted by molar-refractivity contribution is 7.12. The van der Waals surface area contributed by atoms with Crippen molar-refractivity contribution in [3.63, 3.8) is 0 Å². The second-order valence-electron chi connectivity index (χ2n) is 3.74. The van der Waals surface area contributed by atoms with Gasteiger partial charge >= 0.3 is 5.97 Å². The van der Waals surface area contributed by atoms with Gasteiger partial charge in [0.1, 0.15) is 4.88 Å². The summed E-state index contributed by atoms with van der Waals surface area (Å²) >= 11 is 7.10. The van der Waals surface area contributed by atoms with E-state index in [0.29, 0.717) is 29.3 Å². The van der Waals surface area contributed by atoms with Crippen molar-refractivity contribution in [3.05, 3.63) is 21.3 Å². The van der Waals surface area contributed by atoms with E-state index < -0.39 is 5.97 Å². The zero-order chi connectivity index (χ0) is 12.8. The summed E-state index contributed by atoms with van der Waals surface area (Å²) in [5, 5.41) is 13.6. The third-order valence-electron chi connectivity index (χ3n) is 2.34. The Morgan fingerprint density at radius 1 is 1.59 bits per heavy atom. The number of hydrogen-bond donors (Lipinski definition) is 2. The van der Waals surface area contributed by atoms with Gasteiger partial charge in [-0.3, -0.25) is 9.59 Å². The number of amides is 1. The highest BCUT2D eigenvalue weighted by atomic mass is 35.5. The maximum atomic E-state index is 11.6. The standard InChI is InChI=1S/C11H14ClNO3S/c1-7(11(15)16)3-2-5-13-10(14)9-8(12)4-6-17-9/h4,6-7H,2-3,5H2,1H3,(H,13,14)(H,15,16). The predicted molar refractivity (Wildman–Crippen MR) is 67.7 cm³/mol. The smallest absolute Gasteiger partial charge is 0.306 e. The van der Waals surface area contributed by atoms with Crippen LogP contribution >= 0.6 is 22.9 Å². The monoisotopic (exact) mass is 275 g/mol. The first-order valence-corrected chi connectivity index (χ1v) is 6.52. The molecule has 1 aromatic heterocycles. The molecule has 1 aromatic rings. The second kappa shape index (κ2) is 6.61. The number of nitrogens with one attached hydrogen (secondary N) is 1. The fourth-order valence-electron chi connectivity index (χ4n) is 1.27. The van der Waals surface area contributed by atoms with Crippen molar-refractivity contribution in [2.75, 3.05) is 6.54 Å². The number of aliphatic carboxylic acids is 1. The Morgan fingerprint density at radius 2 is 2.29 bits per heavy atom. The number of carboxylic acids is 1. The zero-order valence-corrected chi connectivity index (χ0v) is 11.0. The van der Waals surface area contributed by atoms with Crippen LogP contribution in [0, 0.1) is 5.92 Å². The van der Waals surface area contributed by atoms with Crippen molar-refractivity contribution in [2.45, 2.75) is 19.8 Å². The molecule has 1 unspecified atom stereocenters. The maximum absolute atomic E-state index is 11.6. The van der Waals surface area contributed by atoms with Crippen molar-refractivity contribution in [2.24, 2.45) is 5.92 Å². The van der Waals surface area contributed by atoms with Crippen molar-refractivity contribution >= 4 is 34.8 Å². The summed E-state index contributed by atoms with van der Waals surface area (Å²) in [7, 11) is 0. The van der Waals surface area contributed by atoms with E-state index in [2.05, 4.69) is 5.32 Å². The second-order valence-corrected chi connectivity index (χ2v) is 5.06. The molecule has 1 amide bonds. The summed E-state index contributed by atoms with van der Waals surface area (Å²) in [6, 6.07) is 1.67. The van der Waals surface area contributed by atoms with Gasteiger partial charge in [-0.1, -0.05) is 18.5 Å². The van der Waals surface area contributed by atoms with Crippen LogP contribution in [0.1, 0.15) is 29.4 Å². The molecule has 0 aromatic carbocycles. The van der Waals surface area contributed by atoms with E-state index in [9.17, 15) is 9.59 Å². The normalized spacial score (nSPS) is 12.1. The minimum atomic E-state index is -0.808. The number of thiophene rings is 1. The molecule has 0 bridgehead atoms. The Labute approximate surface area is 109 Å². The van der Waals surface area contributed by atoms with E-state index in [1.807, 2.05) is 0 Å². The van der Waals surface area contributed by atoms with Gasteiger partial charge in [0.15, 0.2) is 0 Å². The van der Waals surface area contributed by atoms with Gasteiger partial charge in [-0.2, -0.15) is 0 Å². The van der Waals surface area contributed by atoms with Crippen LogP contribution in [-0.4, -0.2) is 23.5 Å². The fraction of sp³-hybridized carbons (Fsp3) is 0.455. The van der Waals surface area contributed by atoms with Crippen LogP contribution in [0.15, 0.2) is 11.4 Å². The highest BCUT2D eigenvalue weighted by Crippen LogP contribution is 2.21. The van der Waals surface area contributed by atoms with Crippen LogP contribution in [0.25, 0.3) is 0 Å². The predicted octanol–water partition coefficient (Wildman–Crippen LogP) is 2.63. The summed E-state index contributed by atoms with van der Waals surface area (Å²) in [4.78, 5) is 22.7. The van der Waals surface area contributed by atoms with Gasteiger partial charge in [0.2, 0.25) is 0 Å². The Balaban J connectivity index is 2.26. The molecule has 0 saturated heterocycles. The van der Waals surface area contributed by atoms with Crippen molar-refractivity contribution < 1.29 is 14.7 Å². The third-order valence-corrected chi connectivity index (χ3v) is 3.68. The van der Waals surface area contributed by atoms with E-state index in [0.717, 1.165) is 0 Å². The highest BCUT2D eigenvalue weighted by Gasteiger charge is 2.12. The molecule has 1 atom stereocenters. The lowest BCUT2D eigenvalue weighted by Crippen LogP contribution is -2.24. The topological polar surface area (TPSA) is 66.4 Å². The average Bonchev–Trinajstić information content (AvgIpc) is 2.70. The van der Waals surface area contributed by atoms with Crippen LogP contribution < -0.4 is 5.32 Å². The van der Waals surface area contributed by atoms with Crippen LogP contribution in [-0.2, 0) is 4.79 Å². The van der Waals surface area contributed by atoms with Crippen molar-refractivity contribution in [1.82, 2.24) is 5.32 Å². The number of halogens is 1. The van der Waals surface area contributed by atoms with Crippen LogP contribution in [0.2, 0.25) is 5.02 Å². The minimum absolute atomic E-state index is 0.201. The van der Waals surface area contributed by atoms with E-state index >= 15 is 0 Å². The molecule has 1 heterocycles. The molecule has 1 rings (SSSR count). The summed E-state index contributed by atoms with van der Waals surface area (Å²) in [5.41, 5.74) is 0. The Kier molecular flexibility index (Phi) is 5.44. The van der Waals surface area contributed by atoms with Crippen molar-refractivity contribution in [1.29, 1.82) is 0 Å². The summed E-state index contributed by atoms with van der Waals surface area (Å²) in [5.74, 6) is -1.39. The first-order chi connectivity index (χ1) is 8.02. The summed E-state index contributed by atoms with van der Waals surface area (Å²) in [6.45, 7) is 2.12. The molecule has 0 saturated carbocycles. The first-order valence-electron chi connectivity index (χ1n) is 5.26. The zero-order valence-electron chi connectivity index (χ0n) is 9.40. The van der Waals surface area contributed by atoms with Gasteiger partial charge in [0.05, 0.1) is 10.9 Å². The number of carbonyl (C=O) groups excluding carboxylic acids is 1. The lowest BCUT2D eigenvalue weighted by molar-refractivity contribution is -0.141. The molecular weight excluding hydrogens is 262 g/mol. The molecule has 0 aliphatic carbocycles. The maximum Gasteiger partial charge on any atom is 0.306 e. The van der Waals surface area contributed by atoms with Crippen LogP contribution in [0.5, 0.6) is 0 Å². The summed E-state index contributed by atoms with van der Waals surface area (Å²) in [6.07, 6.45) is 1.19. The number of hydrogen-bond acceptors (Lipinski definition) is 3. The van der Waals surface area contributed by atoms with Gasteiger partial charge < -0.3 is 10.4 Å². The molecule has 2 N–H and O–H groups in total. The molecule has 17 heavy (non-hydrogen) atoms. The van der Waals surface area contributed by atoms with Crippen molar-refractivity contribution in [3.8, 4) is 0 Å². The molecule has 94 valence electrons. The van der Waals surface area contributed by atoms with E-state index in [1.165, 1.54) is 11.3 Å². The van der Waals surface area contributed by atoms with E-state index in [4.69, 9.17) is 16.7 Å². The molecule has 0 aliphatic rings. The third kappa shape index (κ3) is 4.36. The average molecular weight is 276 g/mol. The molecule has 6 heteroatoms. The Morgan fingerprint density at radius 3 is 2.82 bits per heavy atom. The summed E-state index contributed by atoms with van der Waals surface area (Å²) < 4.78 is 0. The van der Waals surface area contributed by atoms with E-state index in [1.54, 1.807) is 18.4 Å². The van der Waals surface area contributed by atoms with Gasteiger partial charge in [-0.15, -0.1) is 11.3 Å². The molecule has 0 spiro atoms. The first kappa shape index (κ1) is 14.0. The molecular formula is C11H14ClNO3S. The minimum Gasteiger partial charge on any atom is -0.481 e. The number of carbonyl (C=O) groups is 2. The molecule has 4 nitrogen and oxygen atoms in total. The Bertz CT molecular complexity index is 405. The number of rotatable bonds is 6. The quantitative estimate of drug-likeness (QED) is 0.785. The van der Waals surface area contributed by atoms with Crippen LogP contribution in [0.4, 0.5) is 0 Å². The van der Waals surface area contributed by atoms with Gasteiger partial charge in [-0.05, 0) is 24.3 Å². The SMILES string of the molecule is CC(CCCNC(=O)c1sccc1Cl)C(=O)O. The van der Waals surface area contributed by atoms with Gasteiger partial charge in [0, 0.05) is 6.54 Å². The molecule has 0 aliphatic heterocycles. The molecule has 0 fully saturated rings. The fourth-order valence-corrected chi connectivity index (χ4v) is 2.33. The number of carboxylic acid groups (broad SMARTS) is 1.